The average Bonchev–Trinajstić information content (AvgIpc) is 3.56. The zero-order valence-corrected chi connectivity index (χ0v) is 32.2. The maximum atomic E-state index is 14.1. The van der Waals surface area contributed by atoms with Crippen LogP contribution >= 0.6 is 25.3 Å². The number of nitrogens with zero attached hydrogens (tertiary/aromatic N) is 1. The molecule has 1 heterocycles. The summed E-state index contributed by atoms with van der Waals surface area (Å²) in [7, 11) is 0. The van der Waals surface area contributed by atoms with Crippen molar-refractivity contribution in [2.45, 2.75) is 75.3 Å². The fourth-order valence-electron chi connectivity index (χ4n) is 5.52. The van der Waals surface area contributed by atoms with Crippen LogP contribution in [0, 0.1) is 0 Å². The summed E-state index contributed by atoms with van der Waals surface area (Å²) < 4.78 is 0. The lowest BCUT2D eigenvalue weighted by Crippen LogP contribution is -2.59. The van der Waals surface area contributed by atoms with Crippen LogP contribution in [0.4, 0.5) is 0 Å². The lowest BCUT2D eigenvalue weighted by molar-refractivity contribution is -0.141. The molecule has 6 atom stereocenters. The number of carboxylic acids is 1. The number of thiol groups is 2. The number of amides is 5. The van der Waals surface area contributed by atoms with Crippen LogP contribution in [0.15, 0.2) is 65.8 Å². The molecule has 298 valence electrons. The molecule has 2 aromatic carbocycles. The van der Waals surface area contributed by atoms with Gasteiger partial charge in [0.25, 0.3) is 0 Å². The lowest BCUT2D eigenvalue weighted by atomic mass is 10.0. The molecule has 1 aromatic heterocycles. The molecular formula is C36H50N10O7S2. The summed E-state index contributed by atoms with van der Waals surface area (Å²) in [6.45, 7) is 1.56. The van der Waals surface area contributed by atoms with Crippen LogP contribution in [-0.2, 0) is 41.6 Å². The predicted molar refractivity (Wildman–Crippen MR) is 215 cm³/mol. The van der Waals surface area contributed by atoms with Crippen LogP contribution in [-0.4, -0.2) is 106 Å². The molecule has 0 saturated carbocycles. The molecule has 0 aliphatic rings. The number of carboxylic acid groups (broad SMARTS) is 1. The molecule has 0 fully saturated rings. The van der Waals surface area contributed by atoms with Crippen molar-refractivity contribution in [3.05, 3.63) is 71.9 Å². The predicted octanol–water partition coefficient (Wildman–Crippen LogP) is -0.888. The Morgan fingerprint density at radius 3 is 1.96 bits per heavy atom. The fraction of sp³-hybridized carbons (Fsp3) is 0.417. The average molecular weight is 799 g/mol. The van der Waals surface area contributed by atoms with E-state index in [-0.39, 0.29) is 50.4 Å². The van der Waals surface area contributed by atoms with E-state index >= 15 is 0 Å². The molecule has 3 aromatic rings. The highest BCUT2D eigenvalue weighted by Gasteiger charge is 2.32. The summed E-state index contributed by atoms with van der Waals surface area (Å²) in [5.74, 6) is -4.85. The van der Waals surface area contributed by atoms with Crippen molar-refractivity contribution in [2.75, 3.05) is 18.1 Å². The lowest BCUT2D eigenvalue weighted by Gasteiger charge is -2.27. The number of H-pyrrole nitrogens is 1. The number of rotatable bonds is 22. The molecular weight excluding hydrogens is 749 g/mol. The second-order valence-corrected chi connectivity index (χ2v) is 13.6. The summed E-state index contributed by atoms with van der Waals surface area (Å²) in [5, 5.41) is 23.4. The number of nitrogens with one attached hydrogen (secondary N) is 6. The Morgan fingerprint density at radius 2 is 1.33 bits per heavy atom. The van der Waals surface area contributed by atoms with Crippen molar-refractivity contribution >= 4 is 77.6 Å². The number of fused-ring (bicyclic) bond motifs is 1. The molecule has 17 nitrogen and oxygen atoms in total. The summed E-state index contributed by atoms with van der Waals surface area (Å²) in [5.41, 5.74) is 19.0. The minimum Gasteiger partial charge on any atom is -0.480 e. The Morgan fingerprint density at radius 1 is 0.745 bits per heavy atom. The van der Waals surface area contributed by atoms with Crippen LogP contribution in [0.3, 0.4) is 0 Å². The number of hydrogen-bond acceptors (Lipinski definition) is 10. The third-order valence-electron chi connectivity index (χ3n) is 8.55. The zero-order chi connectivity index (χ0) is 40.5. The van der Waals surface area contributed by atoms with Gasteiger partial charge in [-0.1, -0.05) is 48.5 Å². The second kappa shape index (κ2) is 22.2. The van der Waals surface area contributed by atoms with Crippen molar-refractivity contribution in [3.8, 4) is 0 Å². The van der Waals surface area contributed by atoms with Crippen LogP contribution in [0.2, 0.25) is 0 Å². The van der Waals surface area contributed by atoms with Gasteiger partial charge in [0, 0.05) is 42.2 Å². The van der Waals surface area contributed by atoms with Gasteiger partial charge in [0.05, 0.1) is 6.04 Å². The van der Waals surface area contributed by atoms with Gasteiger partial charge in [-0.15, -0.1) is 0 Å². The van der Waals surface area contributed by atoms with Crippen LogP contribution in [0.5, 0.6) is 0 Å². The minimum absolute atomic E-state index is 0.00562. The number of para-hydroxylation sites is 1. The normalized spacial score (nSPS) is 14.3. The highest BCUT2D eigenvalue weighted by atomic mass is 32.1. The van der Waals surface area contributed by atoms with Gasteiger partial charge < -0.3 is 53.9 Å². The number of aromatic amines is 1. The molecule has 13 N–H and O–H groups in total. The number of benzene rings is 2. The van der Waals surface area contributed by atoms with E-state index in [4.69, 9.17) is 17.2 Å². The van der Waals surface area contributed by atoms with E-state index in [1.807, 2.05) is 24.3 Å². The molecule has 3 rings (SSSR count). The molecule has 19 heteroatoms. The smallest absolute Gasteiger partial charge is 0.327 e. The Labute approximate surface area is 329 Å². The molecule has 5 amide bonds. The van der Waals surface area contributed by atoms with E-state index in [1.165, 1.54) is 6.92 Å². The van der Waals surface area contributed by atoms with E-state index in [9.17, 15) is 33.9 Å². The molecule has 0 unspecified atom stereocenters. The Bertz CT molecular complexity index is 1810. The largest absolute Gasteiger partial charge is 0.480 e. The van der Waals surface area contributed by atoms with Crippen molar-refractivity contribution in [1.29, 1.82) is 0 Å². The summed E-state index contributed by atoms with van der Waals surface area (Å²) in [6.07, 6.45) is 2.19. The minimum atomic E-state index is -1.35. The van der Waals surface area contributed by atoms with Gasteiger partial charge in [0.15, 0.2) is 5.96 Å². The first-order valence-corrected chi connectivity index (χ1v) is 18.9. The molecule has 55 heavy (non-hydrogen) atoms. The number of carbonyl (C=O) groups excluding carboxylic acids is 5. The first-order valence-electron chi connectivity index (χ1n) is 17.6. The maximum absolute atomic E-state index is 14.1. The third kappa shape index (κ3) is 14.1. The summed E-state index contributed by atoms with van der Waals surface area (Å²) in [6, 6.07) is 9.08. The van der Waals surface area contributed by atoms with Gasteiger partial charge in [-0.25, -0.2) is 4.79 Å². The number of aromatic nitrogens is 1. The second-order valence-electron chi connectivity index (χ2n) is 12.8. The van der Waals surface area contributed by atoms with Crippen LogP contribution in [0.25, 0.3) is 10.9 Å². The Hall–Kier alpha value is -5.27. The summed E-state index contributed by atoms with van der Waals surface area (Å²) >= 11 is 8.13. The van der Waals surface area contributed by atoms with Crippen LogP contribution < -0.4 is 43.8 Å². The monoisotopic (exact) mass is 798 g/mol. The van der Waals surface area contributed by atoms with E-state index in [1.54, 1.807) is 36.5 Å². The number of guanidine groups is 1. The third-order valence-corrected chi connectivity index (χ3v) is 9.18. The molecule has 0 spiro atoms. The maximum Gasteiger partial charge on any atom is 0.327 e. The number of nitrogens with two attached hydrogens (primary N) is 3. The zero-order valence-electron chi connectivity index (χ0n) is 30.4. The molecule has 0 aliphatic carbocycles. The van der Waals surface area contributed by atoms with Crippen molar-refractivity contribution in [2.24, 2.45) is 22.2 Å². The molecule has 0 radical (unpaired) electrons. The van der Waals surface area contributed by atoms with Gasteiger partial charge in [-0.2, -0.15) is 25.3 Å². The van der Waals surface area contributed by atoms with Crippen molar-refractivity contribution < 1.29 is 33.9 Å². The highest BCUT2D eigenvalue weighted by Crippen LogP contribution is 2.19. The molecule has 0 saturated heterocycles. The highest BCUT2D eigenvalue weighted by molar-refractivity contribution is 7.80. The SMILES string of the molecule is C[C@@H](NC(=O)[C@H](N)CCS)C(=O)N[C@H](Cc1ccccc1)C(=O)N[C@@H](CCCN=C(N)N)C(=O)N[C@@H](Cc1c[nH]c2ccccc12)C(=O)N[C@@H](CS)C(=O)O. The first kappa shape index (κ1) is 44.1. The van der Waals surface area contributed by atoms with E-state index < -0.39 is 71.8 Å². The Kier molecular flexibility index (Phi) is 17.8. The number of aliphatic imine (C=N–C) groups is 1. The quantitative estimate of drug-likeness (QED) is 0.0258. The Balaban J connectivity index is 1.91. The molecule has 0 bridgehead atoms. The number of aliphatic carboxylic acids is 1. The standard InChI is InChI=1S/C36H50N10O7S2/c1-20(42-31(48)24(37)13-15-54)30(47)44-27(16-21-8-3-2-4-9-21)33(50)43-26(12-7-14-40-36(38)39)32(49)45-28(34(51)46-29(19-55)35(52)53)17-22-18-41-25-11-6-5-10-23(22)25/h2-6,8-11,18,20,24,26-29,41,54-55H,7,12-17,19,37H2,1H3,(H,42,48)(H,43,50)(H,44,47)(H,45,49)(H,46,51)(H,52,53)(H4,38,39,40)/t20-,24-,26+,27-,28+,29+/m1/s1. The summed E-state index contributed by atoms with van der Waals surface area (Å²) in [4.78, 5) is 86.3. The van der Waals surface area contributed by atoms with E-state index in [2.05, 4.69) is 61.8 Å². The first-order chi connectivity index (χ1) is 26.2. The van der Waals surface area contributed by atoms with E-state index in [0.29, 0.717) is 16.9 Å². The van der Waals surface area contributed by atoms with E-state index in [0.717, 1.165) is 10.9 Å². The van der Waals surface area contributed by atoms with Crippen molar-refractivity contribution in [3.63, 3.8) is 0 Å². The van der Waals surface area contributed by atoms with Crippen LogP contribution in [0.1, 0.15) is 37.3 Å². The number of hydrogen-bond donors (Lipinski definition) is 12. The van der Waals surface area contributed by atoms with Gasteiger partial charge in [0.1, 0.15) is 30.2 Å². The van der Waals surface area contributed by atoms with Gasteiger partial charge >= 0.3 is 5.97 Å². The number of carbonyl (C=O) groups is 6. The van der Waals surface area contributed by atoms with Crippen molar-refractivity contribution in [1.82, 2.24) is 31.6 Å². The fourth-order valence-corrected chi connectivity index (χ4v) is 6.04. The molecule has 0 aliphatic heterocycles. The van der Waals surface area contributed by atoms with Gasteiger partial charge in [0.2, 0.25) is 29.5 Å². The van der Waals surface area contributed by atoms with Gasteiger partial charge in [-0.3, -0.25) is 29.0 Å². The topological polar surface area (TPSA) is 289 Å². The van der Waals surface area contributed by atoms with Gasteiger partial charge in [-0.05, 0) is 49.1 Å².